The van der Waals surface area contributed by atoms with E-state index in [1.807, 2.05) is 0 Å². The van der Waals surface area contributed by atoms with Gasteiger partial charge in [0, 0.05) is 28.0 Å². The van der Waals surface area contributed by atoms with Crippen molar-refractivity contribution in [3.8, 4) is 0 Å². The normalized spacial score (nSPS) is 10.2. The predicted molar refractivity (Wildman–Crippen MR) is 84.6 cm³/mol. The number of nitro groups is 1. The molecule has 0 aliphatic rings. The van der Waals surface area contributed by atoms with E-state index in [0.717, 1.165) is 6.07 Å². The Balaban J connectivity index is 2.29. The fourth-order valence-electron chi connectivity index (χ4n) is 1.63. The minimum Gasteiger partial charge on any atom is -0.398 e. The molecule has 3 N–H and O–H groups in total. The third kappa shape index (κ3) is 3.50. The maximum absolute atomic E-state index is 12.1. The lowest BCUT2D eigenvalue weighted by molar-refractivity contribution is -0.384. The van der Waals surface area contributed by atoms with Gasteiger partial charge in [-0.3, -0.25) is 14.9 Å². The molecule has 0 aliphatic carbocycles. The molecule has 6 nitrogen and oxygen atoms in total. The number of benzene rings is 2. The van der Waals surface area contributed by atoms with E-state index in [2.05, 4.69) is 21.2 Å². The van der Waals surface area contributed by atoms with Crippen LogP contribution in [0, 0.1) is 10.1 Å². The van der Waals surface area contributed by atoms with Crippen LogP contribution in [0.4, 0.5) is 17.1 Å². The van der Waals surface area contributed by atoms with Crippen molar-refractivity contribution in [2.45, 2.75) is 0 Å². The molecule has 2 rings (SSSR count). The number of nitrogens with one attached hydrogen (secondary N) is 1. The van der Waals surface area contributed by atoms with Crippen LogP contribution in [0.5, 0.6) is 0 Å². The fraction of sp³-hybridized carbons (Fsp3) is 0. The summed E-state index contributed by atoms with van der Waals surface area (Å²) < 4.78 is 0.692. The number of hydrogen-bond acceptors (Lipinski definition) is 4. The van der Waals surface area contributed by atoms with Gasteiger partial charge in [-0.1, -0.05) is 11.6 Å². The molecule has 0 heterocycles. The lowest BCUT2D eigenvalue weighted by Crippen LogP contribution is -2.14. The van der Waals surface area contributed by atoms with Crippen LogP contribution in [-0.2, 0) is 0 Å². The second-order valence-electron chi connectivity index (χ2n) is 4.11. The molecule has 8 heteroatoms. The van der Waals surface area contributed by atoms with Crippen LogP contribution >= 0.6 is 27.5 Å². The van der Waals surface area contributed by atoms with E-state index in [-0.39, 0.29) is 16.9 Å². The fourth-order valence-corrected chi connectivity index (χ4v) is 2.05. The Morgan fingerprint density at radius 3 is 2.62 bits per heavy atom. The van der Waals surface area contributed by atoms with Crippen molar-refractivity contribution in [3.63, 3.8) is 0 Å². The van der Waals surface area contributed by atoms with Crippen molar-refractivity contribution in [2.75, 3.05) is 11.1 Å². The first-order valence-electron chi connectivity index (χ1n) is 5.69. The number of amides is 1. The molecular formula is C13H9BrClN3O3. The highest BCUT2D eigenvalue weighted by Crippen LogP contribution is 2.26. The summed E-state index contributed by atoms with van der Waals surface area (Å²) in [4.78, 5) is 22.3. The molecule has 0 bridgehead atoms. The highest BCUT2D eigenvalue weighted by atomic mass is 79.9. The molecule has 108 valence electrons. The summed E-state index contributed by atoms with van der Waals surface area (Å²) in [7, 11) is 0. The molecule has 0 atom stereocenters. The maximum Gasteiger partial charge on any atom is 0.270 e. The molecule has 0 saturated carbocycles. The zero-order chi connectivity index (χ0) is 15.6. The van der Waals surface area contributed by atoms with Crippen LogP contribution in [-0.4, -0.2) is 10.8 Å². The van der Waals surface area contributed by atoms with Crippen LogP contribution in [0.15, 0.2) is 40.9 Å². The molecule has 0 aliphatic heterocycles. The predicted octanol–water partition coefficient (Wildman–Crippen LogP) is 3.85. The largest absolute Gasteiger partial charge is 0.398 e. The average molecular weight is 371 g/mol. The topological polar surface area (TPSA) is 98.3 Å². The Morgan fingerprint density at radius 1 is 1.29 bits per heavy atom. The molecule has 0 saturated heterocycles. The first-order valence-corrected chi connectivity index (χ1v) is 6.86. The summed E-state index contributed by atoms with van der Waals surface area (Å²) in [5.41, 5.74) is 6.12. The molecule has 21 heavy (non-hydrogen) atoms. The van der Waals surface area contributed by atoms with E-state index in [1.165, 1.54) is 12.1 Å². The Labute approximate surface area is 133 Å². The van der Waals surface area contributed by atoms with E-state index in [4.69, 9.17) is 17.3 Å². The van der Waals surface area contributed by atoms with Crippen LogP contribution in [0.1, 0.15) is 10.4 Å². The zero-order valence-corrected chi connectivity index (χ0v) is 12.8. The van der Waals surface area contributed by atoms with Crippen LogP contribution in [0.3, 0.4) is 0 Å². The number of nitro benzene ring substituents is 1. The Kier molecular flexibility index (Phi) is 4.44. The summed E-state index contributed by atoms with van der Waals surface area (Å²) in [5.74, 6) is -0.547. The Morgan fingerprint density at radius 2 is 2.00 bits per heavy atom. The molecule has 0 radical (unpaired) electrons. The van der Waals surface area contributed by atoms with Gasteiger partial charge in [-0.15, -0.1) is 0 Å². The van der Waals surface area contributed by atoms with Gasteiger partial charge in [-0.05, 0) is 40.2 Å². The van der Waals surface area contributed by atoms with Gasteiger partial charge in [0.05, 0.1) is 15.5 Å². The van der Waals surface area contributed by atoms with E-state index in [0.29, 0.717) is 15.2 Å². The number of nitrogens with zero attached hydrogens (tertiary/aromatic N) is 1. The molecular weight excluding hydrogens is 362 g/mol. The number of anilines is 2. The van der Waals surface area contributed by atoms with Crippen LogP contribution in [0.2, 0.25) is 5.02 Å². The second-order valence-corrected chi connectivity index (χ2v) is 5.37. The van der Waals surface area contributed by atoms with Gasteiger partial charge in [-0.2, -0.15) is 0 Å². The van der Waals surface area contributed by atoms with Crippen molar-refractivity contribution in [3.05, 3.63) is 61.6 Å². The number of nitrogens with two attached hydrogens (primary N) is 1. The van der Waals surface area contributed by atoms with E-state index in [9.17, 15) is 14.9 Å². The van der Waals surface area contributed by atoms with Gasteiger partial charge < -0.3 is 11.1 Å². The lowest BCUT2D eigenvalue weighted by Gasteiger charge is -2.08. The number of non-ortho nitro benzene ring substituents is 1. The Bertz CT molecular complexity index is 737. The van der Waals surface area contributed by atoms with Gasteiger partial charge in [0.25, 0.3) is 11.6 Å². The van der Waals surface area contributed by atoms with E-state index >= 15 is 0 Å². The van der Waals surface area contributed by atoms with E-state index < -0.39 is 10.8 Å². The van der Waals surface area contributed by atoms with Gasteiger partial charge in [0.15, 0.2) is 0 Å². The van der Waals surface area contributed by atoms with Gasteiger partial charge in [0.2, 0.25) is 0 Å². The minimum absolute atomic E-state index is 0.0308. The van der Waals surface area contributed by atoms with Crippen molar-refractivity contribution in [2.24, 2.45) is 0 Å². The number of rotatable bonds is 3. The molecule has 0 unspecified atom stereocenters. The number of carbonyl (C=O) groups excluding carboxylic acids is 1. The first kappa shape index (κ1) is 15.3. The summed E-state index contributed by atoms with van der Waals surface area (Å²) in [6.45, 7) is 0. The summed E-state index contributed by atoms with van der Waals surface area (Å²) in [5, 5.41) is 13.8. The Hall–Kier alpha value is -2.12. The van der Waals surface area contributed by atoms with Crippen LogP contribution < -0.4 is 11.1 Å². The van der Waals surface area contributed by atoms with Crippen molar-refractivity contribution in [1.82, 2.24) is 0 Å². The molecule has 2 aromatic rings. The summed E-state index contributed by atoms with van der Waals surface area (Å²) in [6.07, 6.45) is 0. The van der Waals surface area contributed by atoms with Crippen molar-refractivity contribution in [1.29, 1.82) is 0 Å². The highest BCUT2D eigenvalue weighted by Gasteiger charge is 2.15. The average Bonchev–Trinajstić information content (AvgIpc) is 2.43. The quantitative estimate of drug-likeness (QED) is 0.487. The standard InChI is InChI=1S/C13H9BrClN3O3/c14-10-3-1-7(5-11(10)15)17-13(19)9-6-8(18(20)21)2-4-12(9)16/h1-6H,16H2,(H,17,19). The third-order valence-electron chi connectivity index (χ3n) is 2.67. The lowest BCUT2D eigenvalue weighted by atomic mass is 10.1. The van der Waals surface area contributed by atoms with Crippen molar-refractivity contribution < 1.29 is 9.72 Å². The number of nitrogen functional groups attached to an aromatic ring is 1. The first-order chi connectivity index (χ1) is 9.88. The number of carbonyl (C=O) groups is 1. The summed E-state index contributed by atoms with van der Waals surface area (Å²) in [6, 6.07) is 8.56. The smallest absolute Gasteiger partial charge is 0.270 e. The van der Waals surface area contributed by atoms with Crippen LogP contribution in [0.25, 0.3) is 0 Å². The molecule has 1 amide bonds. The molecule has 0 fully saturated rings. The van der Waals surface area contributed by atoms with E-state index in [1.54, 1.807) is 18.2 Å². The minimum atomic E-state index is -0.591. The zero-order valence-electron chi connectivity index (χ0n) is 10.5. The number of halogens is 2. The van der Waals surface area contributed by atoms with Gasteiger partial charge >= 0.3 is 0 Å². The number of hydrogen-bond donors (Lipinski definition) is 2. The summed E-state index contributed by atoms with van der Waals surface area (Å²) >= 11 is 9.17. The second kappa shape index (κ2) is 6.11. The molecule has 2 aromatic carbocycles. The SMILES string of the molecule is Nc1ccc([N+](=O)[O-])cc1C(=O)Nc1ccc(Br)c(Cl)c1. The van der Waals surface area contributed by atoms with Gasteiger partial charge in [0.1, 0.15) is 0 Å². The monoisotopic (exact) mass is 369 g/mol. The van der Waals surface area contributed by atoms with Crippen molar-refractivity contribution >= 4 is 50.5 Å². The third-order valence-corrected chi connectivity index (χ3v) is 3.90. The molecule has 0 aromatic heterocycles. The maximum atomic E-state index is 12.1. The highest BCUT2D eigenvalue weighted by molar-refractivity contribution is 9.10. The molecule has 0 spiro atoms. The van der Waals surface area contributed by atoms with Gasteiger partial charge in [-0.25, -0.2) is 0 Å².